The van der Waals surface area contributed by atoms with Gasteiger partial charge in [0.15, 0.2) is 0 Å². The lowest BCUT2D eigenvalue weighted by molar-refractivity contribution is -0.141. The smallest absolute Gasteiger partial charge is 0.433 e. The zero-order valence-electron chi connectivity index (χ0n) is 33.8. The molecule has 0 radical (unpaired) electrons. The molecule has 3 fully saturated rings. The summed E-state index contributed by atoms with van der Waals surface area (Å²) in [6, 6.07) is 10.9. The van der Waals surface area contributed by atoms with E-state index in [0.29, 0.717) is 35.2 Å². The van der Waals surface area contributed by atoms with Crippen molar-refractivity contribution in [2.24, 2.45) is 5.92 Å². The van der Waals surface area contributed by atoms with Crippen LogP contribution >= 0.6 is 0 Å². The molecule has 1 atom stereocenters. The number of nitrogens with zero attached hydrogens (tertiary/aromatic N) is 5. The Balaban J connectivity index is 0.750. The molecule has 61 heavy (non-hydrogen) atoms. The Kier molecular flexibility index (Phi) is 11.8. The molecule has 2 aromatic carbocycles. The van der Waals surface area contributed by atoms with Gasteiger partial charge in [0.1, 0.15) is 23.2 Å². The van der Waals surface area contributed by atoms with E-state index in [1.54, 1.807) is 30.3 Å². The number of hydrogen-bond acceptors (Lipinski definition) is 11. The number of ether oxygens (including phenoxy) is 2. The van der Waals surface area contributed by atoms with Crippen molar-refractivity contribution >= 4 is 51.8 Å². The molecule has 3 N–H and O–H groups in total. The van der Waals surface area contributed by atoms with Crippen LogP contribution in [0.25, 0.3) is 10.9 Å². The van der Waals surface area contributed by atoms with Crippen LogP contribution in [0.2, 0.25) is 0 Å². The summed E-state index contributed by atoms with van der Waals surface area (Å²) in [6.07, 6.45) is 3.96. The van der Waals surface area contributed by atoms with Crippen LogP contribution in [0.3, 0.4) is 0 Å². The second-order valence-corrected chi connectivity index (χ2v) is 16.4. The highest BCUT2D eigenvalue weighted by molar-refractivity contribution is 6.25. The Morgan fingerprint density at radius 3 is 2.49 bits per heavy atom. The Hall–Kier alpha value is -5.88. The first-order chi connectivity index (χ1) is 29.2. The van der Waals surface area contributed by atoms with Gasteiger partial charge in [0.2, 0.25) is 11.8 Å². The van der Waals surface area contributed by atoms with Gasteiger partial charge < -0.3 is 25.0 Å². The molecule has 0 bridgehead atoms. The number of methoxy groups -OCH3 is 1. The number of aromatic nitrogens is 3. The molecule has 4 aromatic rings. The van der Waals surface area contributed by atoms with E-state index in [4.69, 9.17) is 14.6 Å². The van der Waals surface area contributed by atoms with Gasteiger partial charge in [-0.15, -0.1) is 0 Å². The van der Waals surface area contributed by atoms with Crippen molar-refractivity contribution in [3.05, 3.63) is 77.2 Å². The fourth-order valence-electron chi connectivity index (χ4n) is 8.81. The van der Waals surface area contributed by atoms with Crippen LogP contribution in [0.4, 0.5) is 24.5 Å². The van der Waals surface area contributed by atoms with Crippen LogP contribution in [0.1, 0.15) is 101 Å². The normalized spacial score (nSPS) is 22.9. The van der Waals surface area contributed by atoms with Crippen LogP contribution in [-0.2, 0) is 20.5 Å². The van der Waals surface area contributed by atoms with E-state index < -0.39 is 47.4 Å². The number of amides is 5. The van der Waals surface area contributed by atoms with Gasteiger partial charge in [-0.25, -0.2) is 4.98 Å². The summed E-state index contributed by atoms with van der Waals surface area (Å²) in [4.78, 5) is 70.3. The van der Waals surface area contributed by atoms with Gasteiger partial charge in [-0.05, 0) is 94.7 Å². The largest absolute Gasteiger partial charge is 0.494 e. The molecule has 0 spiro atoms. The molecule has 2 aliphatic carbocycles. The highest BCUT2D eigenvalue weighted by atomic mass is 19.4. The summed E-state index contributed by atoms with van der Waals surface area (Å²) in [6.45, 7) is 2.52. The van der Waals surface area contributed by atoms with Crippen molar-refractivity contribution in [2.75, 3.05) is 44.5 Å². The first-order valence-electron chi connectivity index (χ1n) is 20.6. The summed E-state index contributed by atoms with van der Waals surface area (Å²) >= 11 is 0. The fourth-order valence-corrected chi connectivity index (χ4v) is 8.81. The monoisotopic (exact) mass is 844 g/mol. The maximum atomic E-state index is 13.4. The van der Waals surface area contributed by atoms with E-state index in [9.17, 15) is 37.1 Å². The molecule has 18 heteroatoms. The van der Waals surface area contributed by atoms with E-state index >= 15 is 0 Å². The highest BCUT2D eigenvalue weighted by Gasteiger charge is 2.46. The lowest BCUT2D eigenvalue weighted by Gasteiger charge is -2.36. The lowest BCUT2D eigenvalue weighted by atomic mass is 9.86. The van der Waals surface area contributed by atoms with E-state index in [1.165, 1.54) is 13.2 Å². The number of carbonyl (C=O) groups excluding carboxylic acids is 5. The standard InChI is InChI=1S/C43H47F3N8O7/c1-52(16-5-17-61-28-19-26(20-28)47-30-7-3-6-29-38(30)42(59)54(41(29)58)34-14-15-37(55)50-40(34)57)22-24-10-12-27(13-11-24)53-23-25-18-33(35(60-2)21-32(25)51-53)49-39(56)31-8-4-9-36(48-31)43(44,45)46/h3-4,6-9,18,21,23-24,26-28,34,47H,5,10-17,19-20,22H2,1-2H3,(H,49,56)(H,50,55,57)/t24-,26-,27-,28+,34?. The summed E-state index contributed by atoms with van der Waals surface area (Å²) in [7, 11) is 3.58. The number of carbonyl (C=O) groups is 5. The number of anilines is 2. The molecule has 5 amide bonds. The van der Waals surface area contributed by atoms with Crippen molar-refractivity contribution in [1.82, 2.24) is 29.9 Å². The number of pyridine rings is 1. The Labute approximate surface area is 349 Å². The van der Waals surface area contributed by atoms with Crippen molar-refractivity contribution < 1.29 is 46.6 Å². The SMILES string of the molecule is COc1cc2nn([C@H]3CC[C@H](CN(C)CCCO[C@H]4C[C@@H](Nc5cccc6c5C(=O)N(C5CCC(=O)NC5=O)C6=O)C4)CC3)cc2cc1NC(=O)c1cccc(C(F)(F)F)n1. The Morgan fingerprint density at radius 2 is 1.75 bits per heavy atom. The number of rotatable bonds is 14. The number of nitrogens with one attached hydrogen (secondary N) is 3. The Bertz CT molecular complexity index is 2360. The van der Waals surface area contributed by atoms with E-state index in [2.05, 4.69) is 32.9 Å². The zero-order valence-corrected chi connectivity index (χ0v) is 33.8. The minimum absolute atomic E-state index is 0.0665. The van der Waals surface area contributed by atoms with Crippen LogP contribution in [0.5, 0.6) is 5.75 Å². The second-order valence-electron chi connectivity index (χ2n) is 16.4. The Morgan fingerprint density at radius 1 is 0.984 bits per heavy atom. The molecule has 1 unspecified atom stereocenters. The van der Waals surface area contributed by atoms with Gasteiger partial charge in [0.05, 0.1) is 41.6 Å². The third kappa shape index (κ3) is 8.96. The number of piperidine rings is 1. The van der Waals surface area contributed by atoms with Gasteiger partial charge in [-0.3, -0.25) is 38.9 Å². The predicted molar refractivity (Wildman–Crippen MR) is 216 cm³/mol. The van der Waals surface area contributed by atoms with Gasteiger partial charge in [0, 0.05) is 55.5 Å². The van der Waals surface area contributed by atoms with Crippen molar-refractivity contribution in [1.29, 1.82) is 0 Å². The molecule has 15 nitrogen and oxygen atoms in total. The number of imide groups is 2. The molecule has 2 saturated carbocycles. The minimum Gasteiger partial charge on any atom is -0.494 e. The quantitative estimate of drug-likeness (QED) is 0.103. The fraction of sp³-hybridized carbons (Fsp3) is 0.465. The van der Waals surface area contributed by atoms with Gasteiger partial charge in [-0.1, -0.05) is 12.1 Å². The first-order valence-corrected chi connectivity index (χ1v) is 20.6. The number of alkyl halides is 3. The molecular weight excluding hydrogens is 798 g/mol. The molecule has 4 aliphatic rings. The van der Waals surface area contributed by atoms with Crippen molar-refractivity contribution in [3.8, 4) is 5.75 Å². The number of benzene rings is 2. The van der Waals surface area contributed by atoms with Crippen LogP contribution in [-0.4, -0.2) is 106 Å². The summed E-state index contributed by atoms with van der Waals surface area (Å²) in [5.41, 5.74) is 0.534. The van der Waals surface area contributed by atoms with Crippen molar-refractivity contribution in [2.45, 2.75) is 88.2 Å². The average Bonchev–Trinajstić information content (AvgIpc) is 3.75. The third-order valence-corrected chi connectivity index (χ3v) is 12.1. The first kappa shape index (κ1) is 41.8. The number of fused-ring (bicyclic) bond motifs is 2. The maximum absolute atomic E-state index is 13.4. The number of hydrogen-bond donors (Lipinski definition) is 3. The summed E-state index contributed by atoms with van der Waals surface area (Å²) < 4.78 is 53.1. The minimum atomic E-state index is -4.67. The van der Waals surface area contributed by atoms with Crippen molar-refractivity contribution in [3.63, 3.8) is 0 Å². The predicted octanol–water partition coefficient (Wildman–Crippen LogP) is 5.83. The summed E-state index contributed by atoms with van der Waals surface area (Å²) in [5, 5.41) is 13.8. The molecule has 322 valence electrons. The van der Waals surface area contributed by atoms with E-state index in [-0.39, 0.29) is 47.9 Å². The molecule has 2 aromatic heterocycles. The van der Waals surface area contributed by atoms with Gasteiger partial charge in [-0.2, -0.15) is 18.3 Å². The highest BCUT2D eigenvalue weighted by Crippen LogP contribution is 2.37. The van der Waals surface area contributed by atoms with E-state index in [0.717, 1.165) is 80.5 Å². The van der Waals surface area contributed by atoms with Crippen LogP contribution < -0.4 is 20.7 Å². The molecule has 2 aliphatic heterocycles. The maximum Gasteiger partial charge on any atom is 0.433 e. The zero-order chi connectivity index (χ0) is 43.0. The molecule has 1 saturated heterocycles. The second kappa shape index (κ2) is 17.2. The van der Waals surface area contributed by atoms with Crippen LogP contribution in [0.15, 0.2) is 54.7 Å². The number of halogens is 3. The lowest BCUT2D eigenvalue weighted by Crippen LogP contribution is -2.54. The third-order valence-electron chi connectivity index (χ3n) is 12.1. The topological polar surface area (TPSA) is 177 Å². The molecule has 4 heterocycles. The average molecular weight is 845 g/mol. The van der Waals surface area contributed by atoms with Crippen LogP contribution in [0, 0.1) is 5.92 Å². The molecule has 8 rings (SSSR count). The molecular formula is C43H47F3N8O7. The van der Waals surface area contributed by atoms with Gasteiger partial charge in [0.25, 0.3) is 17.7 Å². The van der Waals surface area contributed by atoms with Gasteiger partial charge >= 0.3 is 6.18 Å². The summed E-state index contributed by atoms with van der Waals surface area (Å²) in [5.74, 6) is -2.01. The van der Waals surface area contributed by atoms with E-state index in [1.807, 2.05) is 10.9 Å².